The van der Waals surface area contributed by atoms with Gasteiger partial charge in [0.1, 0.15) is 26.7 Å². The monoisotopic (exact) mass is 413 g/mol. The molecule has 0 aromatic carbocycles. The average molecular weight is 414 g/mol. The van der Waals surface area contributed by atoms with Crippen molar-refractivity contribution < 1.29 is 23.7 Å². The summed E-state index contributed by atoms with van der Waals surface area (Å²) in [5.74, 6) is 0.621. The summed E-state index contributed by atoms with van der Waals surface area (Å²) < 4.78 is 21.4. The van der Waals surface area contributed by atoms with Crippen molar-refractivity contribution in [2.24, 2.45) is 5.41 Å². The summed E-state index contributed by atoms with van der Waals surface area (Å²) in [6.07, 6.45) is 0.700. The minimum absolute atomic E-state index is 0.115. The number of rotatable bonds is 14. The number of hydrogen-bond donors (Lipinski definition) is 0. The fraction of sp³-hybridized carbons (Fsp3) is 0.789. The molecular formula is C19H35N5O5. The van der Waals surface area contributed by atoms with E-state index in [4.69, 9.17) is 18.9 Å². The molecule has 0 N–H and O–H groups in total. The second-order valence-electron chi connectivity index (χ2n) is 6.99. The molecule has 10 nitrogen and oxygen atoms in total. The third-order valence-electron chi connectivity index (χ3n) is 4.47. The van der Waals surface area contributed by atoms with E-state index in [-0.39, 0.29) is 25.2 Å². The van der Waals surface area contributed by atoms with Gasteiger partial charge in [-0.25, -0.2) is 0 Å². The maximum absolute atomic E-state index is 12.1. The first-order valence-electron chi connectivity index (χ1n) is 9.86. The third-order valence-corrected chi connectivity index (χ3v) is 4.47. The van der Waals surface area contributed by atoms with Gasteiger partial charge in [0.05, 0.1) is 5.41 Å². The Bertz CT molecular complexity index is 597. The number of carbonyl (C=O) groups excluding carboxylic acids is 1. The van der Waals surface area contributed by atoms with Crippen LogP contribution in [0.4, 0.5) is 11.9 Å². The zero-order valence-electron chi connectivity index (χ0n) is 18.7. The topological polar surface area (TPSA) is 99.1 Å². The van der Waals surface area contributed by atoms with Crippen LogP contribution < -0.4 is 14.5 Å². The quantitative estimate of drug-likeness (QED) is 0.256. The van der Waals surface area contributed by atoms with Crippen molar-refractivity contribution >= 4 is 17.9 Å². The molecule has 166 valence electrons. The Morgan fingerprint density at radius 3 is 1.83 bits per heavy atom. The number of methoxy groups -OCH3 is 2. The Morgan fingerprint density at radius 1 is 0.897 bits per heavy atom. The summed E-state index contributed by atoms with van der Waals surface area (Å²) in [5, 5.41) is 0. The number of ether oxygens (including phenoxy) is 4. The van der Waals surface area contributed by atoms with Crippen molar-refractivity contribution in [2.75, 3.05) is 63.8 Å². The highest BCUT2D eigenvalue weighted by atomic mass is 16.6. The summed E-state index contributed by atoms with van der Waals surface area (Å²) in [6, 6.07) is 0.153. The van der Waals surface area contributed by atoms with E-state index in [0.717, 1.165) is 0 Å². The largest absolute Gasteiger partial charge is 0.462 e. The van der Waals surface area contributed by atoms with E-state index in [0.29, 0.717) is 44.9 Å². The number of nitrogens with zero attached hydrogens (tertiary/aromatic N) is 5. The molecule has 0 amide bonds. The predicted molar refractivity (Wildman–Crippen MR) is 110 cm³/mol. The summed E-state index contributed by atoms with van der Waals surface area (Å²) in [6.45, 7) is 11.8. The highest BCUT2D eigenvalue weighted by molar-refractivity contribution is 5.75. The Balaban J connectivity index is 2.92. The highest BCUT2D eigenvalue weighted by Gasteiger charge is 2.27. The molecule has 10 heteroatoms. The third kappa shape index (κ3) is 7.62. The van der Waals surface area contributed by atoms with Gasteiger partial charge in [0.15, 0.2) is 0 Å². The number of anilines is 2. The Labute approximate surface area is 173 Å². The Morgan fingerprint density at radius 2 is 1.41 bits per heavy atom. The molecule has 0 fully saturated rings. The van der Waals surface area contributed by atoms with Crippen LogP contribution in [0.5, 0.6) is 6.01 Å². The molecule has 0 spiro atoms. The van der Waals surface area contributed by atoms with Gasteiger partial charge in [-0.05, 0) is 34.1 Å². The molecule has 1 aromatic rings. The molecule has 0 atom stereocenters. The van der Waals surface area contributed by atoms with Crippen molar-refractivity contribution in [3.8, 4) is 6.01 Å². The van der Waals surface area contributed by atoms with Crippen LogP contribution in [-0.4, -0.2) is 74.9 Å². The second-order valence-corrected chi connectivity index (χ2v) is 6.99. The molecule has 0 saturated heterocycles. The van der Waals surface area contributed by atoms with E-state index < -0.39 is 5.41 Å². The lowest BCUT2D eigenvalue weighted by Gasteiger charge is -2.24. The average Bonchev–Trinajstić information content (AvgIpc) is 2.72. The van der Waals surface area contributed by atoms with E-state index in [1.807, 2.05) is 44.4 Å². The van der Waals surface area contributed by atoms with E-state index in [1.165, 1.54) is 0 Å². The molecule has 29 heavy (non-hydrogen) atoms. The van der Waals surface area contributed by atoms with E-state index in [1.54, 1.807) is 14.2 Å². The first-order chi connectivity index (χ1) is 13.8. The van der Waals surface area contributed by atoms with E-state index >= 15 is 0 Å². The van der Waals surface area contributed by atoms with Gasteiger partial charge in [-0.15, -0.1) is 0 Å². The summed E-state index contributed by atoms with van der Waals surface area (Å²) in [5.41, 5.74) is -0.517. The maximum Gasteiger partial charge on any atom is 0.323 e. The summed E-state index contributed by atoms with van der Waals surface area (Å²) in [7, 11) is 3.22. The number of carbonyl (C=O) groups is 1. The molecule has 1 aromatic heterocycles. The molecule has 1 heterocycles. The second kappa shape index (κ2) is 12.4. The fourth-order valence-corrected chi connectivity index (χ4v) is 2.18. The zero-order chi connectivity index (χ0) is 21.9. The van der Waals surface area contributed by atoms with Crippen molar-refractivity contribution in [2.45, 2.75) is 41.0 Å². The maximum atomic E-state index is 12.1. The number of esters is 1. The lowest BCUT2D eigenvalue weighted by Crippen LogP contribution is -2.31. The van der Waals surface area contributed by atoms with Gasteiger partial charge in [0.25, 0.3) is 0 Å². The van der Waals surface area contributed by atoms with Crippen molar-refractivity contribution in [3.05, 3.63) is 0 Å². The van der Waals surface area contributed by atoms with E-state index in [2.05, 4.69) is 15.0 Å². The van der Waals surface area contributed by atoms with Crippen LogP contribution >= 0.6 is 0 Å². The highest BCUT2D eigenvalue weighted by Crippen LogP contribution is 2.21. The molecule has 0 aliphatic carbocycles. The molecule has 0 saturated carbocycles. The van der Waals surface area contributed by atoms with Gasteiger partial charge in [-0.1, -0.05) is 6.92 Å². The van der Waals surface area contributed by atoms with Gasteiger partial charge in [0, 0.05) is 27.3 Å². The molecule has 1 rings (SSSR count). The smallest absolute Gasteiger partial charge is 0.323 e. The van der Waals surface area contributed by atoms with Crippen molar-refractivity contribution in [1.82, 2.24) is 15.0 Å². The lowest BCUT2D eigenvalue weighted by atomic mass is 9.91. The minimum Gasteiger partial charge on any atom is -0.462 e. The van der Waals surface area contributed by atoms with Crippen molar-refractivity contribution in [3.63, 3.8) is 0 Å². The van der Waals surface area contributed by atoms with Crippen LogP contribution in [0.1, 0.15) is 41.0 Å². The molecular weight excluding hydrogens is 378 g/mol. The Kier molecular flexibility index (Phi) is 10.6. The van der Waals surface area contributed by atoms with Crippen LogP contribution in [0.15, 0.2) is 0 Å². The molecule has 0 aliphatic rings. The van der Waals surface area contributed by atoms with Crippen molar-refractivity contribution in [1.29, 1.82) is 0 Å². The number of hydrogen-bond acceptors (Lipinski definition) is 10. The zero-order valence-corrected chi connectivity index (χ0v) is 18.7. The normalized spacial score (nSPS) is 11.3. The molecule has 0 bridgehead atoms. The standard InChI is InChI=1S/C19H35N5O5/c1-8-19(4,5)15(25)28-11-12-29-18-21-16(23(9-2)13-26-6)20-17(22-18)24(10-3)14-27-7/h8-14H2,1-7H3. The fourth-order valence-electron chi connectivity index (χ4n) is 2.18. The first-order valence-corrected chi connectivity index (χ1v) is 9.86. The van der Waals surface area contributed by atoms with Gasteiger partial charge < -0.3 is 28.7 Å². The first kappa shape index (κ1) is 24.8. The SMILES string of the molecule is CCN(COC)c1nc(OCCOC(=O)C(C)(C)CC)nc(N(CC)COC)n1. The van der Waals surface area contributed by atoms with Crippen LogP contribution in [0.25, 0.3) is 0 Å². The minimum atomic E-state index is -0.517. The number of aromatic nitrogens is 3. The Hall–Kier alpha value is -2.20. The summed E-state index contributed by atoms with van der Waals surface area (Å²) >= 11 is 0. The van der Waals surface area contributed by atoms with Gasteiger partial charge in [0.2, 0.25) is 11.9 Å². The molecule has 0 radical (unpaired) electrons. The van der Waals surface area contributed by atoms with Gasteiger partial charge >= 0.3 is 12.0 Å². The van der Waals surface area contributed by atoms with E-state index in [9.17, 15) is 4.79 Å². The van der Waals surface area contributed by atoms with Crippen LogP contribution in [0.2, 0.25) is 0 Å². The molecule has 0 unspecified atom stereocenters. The lowest BCUT2D eigenvalue weighted by molar-refractivity contribution is -0.154. The van der Waals surface area contributed by atoms with Crippen LogP contribution in [-0.2, 0) is 19.0 Å². The van der Waals surface area contributed by atoms with Crippen LogP contribution in [0.3, 0.4) is 0 Å². The molecule has 0 aliphatic heterocycles. The van der Waals surface area contributed by atoms with Gasteiger partial charge in [-0.3, -0.25) is 4.79 Å². The summed E-state index contributed by atoms with van der Waals surface area (Å²) in [4.78, 5) is 29.0. The van der Waals surface area contributed by atoms with Gasteiger partial charge in [-0.2, -0.15) is 15.0 Å². The van der Waals surface area contributed by atoms with Crippen LogP contribution in [0, 0.1) is 5.41 Å². The predicted octanol–water partition coefficient (Wildman–Crippen LogP) is 2.09.